The fourth-order valence-electron chi connectivity index (χ4n) is 1.47. The number of hydrogen-bond acceptors (Lipinski definition) is 0. The third-order valence-electron chi connectivity index (χ3n) is 2.26. The molecule has 0 atom stereocenters. The van der Waals surface area contributed by atoms with Gasteiger partial charge in [0.15, 0.2) is 0 Å². The molecule has 0 radical (unpaired) electrons. The van der Waals surface area contributed by atoms with Gasteiger partial charge in [0.1, 0.15) is 0 Å². The summed E-state index contributed by atoms with van der Waals surface area (Å²) in [6.45, 7) is 4.50. The zero-order valence-electron chi connectivity index (χ0n) is 9.28. The second kappa shape index (κ2) is 17.8. The van der Waals surface area contributed by atoms with Crippen LogP contribution in [-0.2, 0) is 25.8 Å². The minimum Gasteiger partial charge on any atom is -0.662 e. The number of nitrogens with zero attached hydrogens (tertiary/aromatic N) is 2. The topological polar surface area (TPSA) is 28.2 Å². The first-order valence-electron chi connectivity index (χ1n) is 5.26. The van der Waals surface area contributed by atoms with Crippen LogP contribution in [-0.4, -0.2) is 26.2 Å². The van der Waals surface area contributed by atoms with Gasteiger partial charge in [0.05, 0.1) is 0 Å². The Balaban J connectivity index is -0.000000160. The zero-order chi connectivity index (χ0) is 8.49. The maximum Gasteiger partial charge on any atom is 0 e. The summed E-state index contributed by atoms with van der Waals surface area (Å²) in [5, 5.41) is 8.35. The molecule has 0 unspecified atom stereocenters. The molecule has 5 heteroatoms. The number of piperidine rings is 2. The molecule has 0 aromatic heterocycles. The van der Waals surface area contributed by atoms with Crippen molar-refractivity contribution < 1.29 is 25.8 Å². The van der Waals surface area contributed by atoms with Gasteiger partial charge in [-0.2, -0.15) is 0 Å². The molecule has 0 aromatic rings. The van der Waals surface area contributed by atoms with Gasteiger partial charge in [-0.25, -0.2) is 0 Å². The van der Waals surface area contributed by atoms with Gasteiger partial charge < -0.3 is 10.6 Å². The van der Waals surface area contributed by atoms with E-state index in [1.165, 1.54) is 38.5 Å². The van der Waals surface area contributed by atoms with E-state index in [-0.39, 0.29) is 50.7 Å². The average molecular weight is 420 g/mol. The van der Waals surface area contributed by atoms with Gasteiger partial charge >= 0.3 is 0 Å². The average Bonchev–Trinajstić information content (AvgIpc) is 2.24. The Morgan fingerprint density at radius 1 is 0.467 bits per heavy atom. The molecule has 2 aliphatic heterocycles. The van der Waals surface area contributed by atoms with Crippen molar-refractivity contribution in [3.8, 4) is 0 Å². The van der Waals surface area contributed by atoms with E-state index >= 15 is 0 Å². The van der Waals surface area contributed by atoms with Crippen LogP contribution in [0.2, 0.25) is 0 Å². The van der Waals surface area contributed by atoms with Gasteiger partial charge in [-0.1, -0.05) is 38.5 Å². The van der Waals surface area contributed by atoms with Crippen LogP contribution in [0.1, 0.15) is 38.5 Å². The van der Waals surface area contributed by atoms with E-state index in [9.17, 15) is 0 Å². The minimum atomic E-state index is 0. The summed E-state index contributed by atoms with van der Waals surface area (Å²) in [4.78, 5) is 0. The summed E-state index contributed by atoms with van der Waals surface area (Å²) in [5.74, 6) is 0. The SMILES string of the molecule is C1CC[N-]CC1.C1CC[N-]CC1.Cl.Cl.[Hf]. The van der Waals surface area contributed by atoms with Crippen LogP contribution in [0, 0.1) is 0 Å². The Hall–Kier alpha value is 1.37. The van der Waals surface area contributed by atoms with Crippen molar-refractivity contribution >= 4 is 24.8 Å². The molecule has 2 aliphatic rings. The van der Waals surface area contributed by atoms with Crippen molar-refractivity contribution in [1.82, 2.24) is 0 Å². The molecule has 2 nitrogen and oxygen atoms in total. The van der Waals surface area contributed by atoms with Gasteiger partial charge in [-0.15, -0.1) is 51.0 Å². The van der Waals surface area contributed by atoms with Gasteiger partial charge in [0.2, 0.25) is 0 Å². The zero-order valence-corrected chi connectivity index (χ0v) is 14.5. The predicted molar refractivity (Wildman–Crippen MR) is 68.4 cm³/mol. The van der Waals surface area contributed by atoms with E-state index in [1.54, 1.807) is 0 Å². The van der Waals surface area contributed by atoms with Crippen molar-refractivity contribution in [2.24, 2.45) is 0 Å². The largest absolute Gasteiger partial charge is 0.662 e. The predicted octanol–water partition coefficient (Wildman–Crippen LogP) is 3.93. The molecule has 2 saturated heterocycles. The molecular weight excluding hydrogens is 398 g/mol. The van der Waals surface area contributed by atoms with E-state index in [4.69, 9.17) is 0 Å². The first-order chi connectivity index (χ1) is 6.00. The fraction of sp³-hybridized carbons (Fsp3) is 1.00. The molecule has 0 N–H and O–H groups in total. The molecule has 0 bridgehead atoms. The van der Waals surface area contributed by atoms with Crippen LogP contribution in [0.15, 0.2) is 0 Å². The molecule has 0 spiro atoms. The van der Waals surface area contributed by atoms with Crippen LogP contribution in [0.5, 0.6) is 0 Å². The molecule has 0 aromatic carbocycles. The molecule has 0 saturated carbocycles. The second-order valence-corrected chi connectivity index (χ2v) is 3.46. The smallest absolute Gasteiger partial charge is 0 e. The Kier molecular flexibility index (Phi) is 25.6. The number of hydrogen-bond donors (Lipinski definition) is 0. The van der Waals surface area contributed by atoms with E-state index in [0.717, 1.165) is 26.2 Å². The molecule has 2 fully saturated rings. The third kappa shape index (κ3) is 15.4. The van der Waals surface area contributed by atoms with Gasteiger partial charge in [0.25, 0.3) is 0 Å². The summed E-state index contributed by atoms with van der Waals surface area (Å²) in [7, 11) is 0. The summed E-state index contributed by atoms with van der Waals surface area (Å²) in [6.07, 6.45) is 8.15. The Bertz CT molecular complexity index is 64.4. The first-order valence-corrected chi connectivity index (χ1v) is 5.26. The van der Waals surface area contributed by atoms with Gasteiger partial charge in [-0.05, 0) is 0 Å². The standard InChI is InChI=1S/2C5H10N.2ClH.Hf/c2*1-2-4-6-5-3-1;;;/h2*1-5H2;2*1H;/q2*-1;;;. The van der Waals surface area contributed by atoms with E-state index in [1.807, 2.05) is 0 Å². The Morgan fingerprint density at radius 2 is 0.733 bits per heavy atom. The summed E-state index contributed by atoms with van der Waals surface area (Å²) >= 11 is 0. The van der Waals surface area contributed by atoms with E-state index < -0.39 is 0 Å². The fourth-order valence-corrected chi connectivity index (χ4v) is 1.47. The molecule has 0 amide bonds. The molecule has 15 heavy (non-hydrogen) atoms. The van der Waals surface area contributed by atoms with Crippen LogP contribution >= 0.6 is 24.8 Å². The molecule has 2 heterocycles. The molecular formula is C10H22Cl2HfN2-2. The van der Waals surface area contributed by atoms with Crippen LogP contribution in [0.25, 0.3) is 10.6 Å². The first kappa shape index (κ1) is 21.6. The van der Waals surface area contributed by atoms with Crippen molar-refractivity contribution in [3.63, 3.8) is 0 Å². The third-order valence-corrected chi connectivity index (χ3v) is 2.26. The number of halogens is 2. The van der Waals surface area contributed by atoms with Gasteiger partial charge in [-0.3, -0.25) is 0 Å². The van der Waals surface area contributed by atoms with Crippen LogP contribution in [0.3, 0.4) is 0 Å². The van der Waals surface area contributed by atoms with Gasteiger partial charge in [0, 0.05) is 25.8 Å². The molecule has 0 aliphatic carbocycles. The normalized spacial score (nSPS) is 19.2. The molecule has 92 valence electrons. The van der Waals surface area contributed by atoms with Crippen molar-refractivity contribution in [3.05, 3.63) is 10.6 Å². The monoisotopic (exact) mass is 420 g/mol. The van der Waals surface area contributed by atoms with Crippen LogP contribution < -0.4 is 0 Å². The minimum absolute atomic E-state index is 0. The second-order valence-electron chi connectivity index (χ2n) is 3.46. The Labute approximate surface area is 125 Å². The quantitative estimate of drug-likeness (QED) is 0.532. The van der Waals surface area contributed by atoms with Crippen molar-refractivity contribution in [2.75, 3.05) is 26.2 Å². The molecule has 2 rings (SSSR count). The van der Waals surface area contributed by atoms with Crippen LogP contribution in [0.4, 0.5) is 0 Å². The van der Waals surface area contributed by atoms with E-state index in [0.29, 0.717) is 0 Å². The number of rotatable bonds is 0. The Morgan fingerprint density at radius 3 is 0.800 bits per heavy atom. The maximum atomic E-state index is 4.18. The summed E-state index contributed by atoms with van der Waals surface area (Å²) < 4.78 is 0. The van der Waals surface area contributed by atoms with Crippen molar-refractivity contribution in [1.29, 1.82) is 0 Å². The maximum absolute atomic E-state index is 4.18. The summed E-state index contributed by atoms with van der Waals surface area (Å²) in [5.41, 5.74) is 0. The summed E-state index contributed by atoms with van der Waals surface area (Å²) in [6, 6.07) is 0. The van der Waals surface area contributed by atoms with E-state index in [2.05, 4.69) is 10.6 Å². The van der Waals surface area contributed by atoms with Crippen molar-refractivity contribution in [2.45, 2.75) is 38.5 Å².